The van der Waals surface area contributed by atoms with E-state index in [1.165, 1.54) is 64.2 Å². The van der Waals surface area contributed by atoms with Gasteiger partial charge in [0.2, 0.25) is 0 Å². The average Bonchev–Trinajstić information content (AvgIpc) is 2.84. The van der Waals surface area contributed by atoms with Crippen molar-refractivity contribution in [1.29, 1.82) is 0 Å². The Kier molecular flexibility index (Phi) is 14.0. The zero-order valence-corrected chi connectivity index (χ0v) is 20.8. The summed E-state index contributed by atoms with van der Waals surface area (Å²) in [7, 11) is 0. The van der Waals surface area contributed by atoms with E-state index >= 15 is 0 Å². The Balaban J connectivity index is 1.65. The van der Waals surface area contributed by atoms with Crippen molar-refractivity contribution in [2.75, 3.05) is 13.2 Å². The van der Waals surface area contributed by atoms with Crippen LogP contribution in [-0.2, 0) is 6.42 Å². The molecule has 1 heterocycles. The predicted molar refractivity (Wildman–Crippen MR) is 136 cm³/mol. The highest BCUT2D eigenvalue weighted by Gasteiger charge is 2.09. The zero-order valence-electron chi connectivity index (χ0n) is 20.8. The van der Waals surface area contributed by atoms with Gasteiger partial charge in [0.25, 0.3) is 0 Å². The highest BCUT2D eigenvalue weighted by atomic mass is 16.5. The molecule has 4 nitrogen and oxygen atoms in total. The van der Waals surface area contributed by atoms with Crippen LogP contribution in [0.1, 0.15) is 107 Å². The average molecular weight is 454 g/mol. The molecule has 0 aliphatic rings. The molecule has 1 aromatic carbocycles. The van der Waals surface area contributed by atoms with E-state index in [2.05, 4.69) is 18.8 Å². The summed E-state index contributed by atoms with van der Waals surface area (Å²) in [5.74, 6) is 1.66. The lowest BCUT2D eigenvalue weighted by atomic mass is 10.1. The van der Waals surface area contributed by atoms with Gasteiger partial charge in [0, 0.05) is 11.3 Å². The number of Topliss-reactive ketones (excluding diaryl/α,β-unsaturated/α-hetero) is 1. The van der Waals surface area contributed by atoms with Crippen LogP contribution in [-0.4, -0.2) is 24.0 Å². The SMILES string of the molecule is CCCCCCCCOc1ccc(C(=O)Cc2ccc(OCCCCCCCC)cn2)cc1. The van der Waals surface area contributed by atoms with Crippen LogP contribution >= 0.6 is 0 Å². The van der Waals surface area contributed by atoms with Crippen molar-refractivity contribution in [2.24, 2.45) is 0 Å². The Morgan fingerprint density at radius 1 is 0.667 bits per heavy atom. The summed E-state index contributed by atoms with van der Waals surface area (Å²) >= 11 is 0. The number of aromatic nitrogens is 1. The first kappa shape index (κ1) is 26.9. The van der Waals surface area contributed by atoms with E-state index in [9.17, 15) is 4.79 Å². The normalized spacial score (nSPS) is 10.8. The number of benzene rings is 1. The van der Waals surface area contributed by atoms with Gasteiger partial charge < -0.3 is 9.47 Å². The van der Waals surface area contributed by atoms with Crippen LogP contribution in [0.2, 0.25) is 0 Å². The molecule has 0 N–H and O–H groups in total. The lowest BCUT2D eigenvalue weighted by Gasteiger charge is -2.08. The fraction of sp³-hybridized carbons (Fsp3) is 0.586. The number of pyridine rings is 1. The third-order valence-corrected chi connectivity index (χ3v) is 5.85. The second-order valence-corrected chi connectivity index (χ2v) is 8.84. The first-order valence-electron chi connectivity index (χ1n) is 13.1. The second kappa shape index (κ2) is 17.2. The molecule has 182 valence electrons. The van der Waals surface area contributed by atoms with Gasteiger partial charge in [-0.2, -0.15) is 0 Å². The summed E-state index contributed by atoms with van der Waals surface area (Å²) in [5, 5.41) is 0. The Bertz CT molecular complexity index is 755. The van der Waals surface area contributed by atoms with Crippen LogP contribution in [0.25, 0.3) is 0 Å². The van der Waals surface area contributed by atoms with E-state index in [4.69, 9.17) is 9.47 Å². The summed E-state index contributed by atoms with van der Waals surface area (Å²) < 4.78 is 11.6. The van der Waals surface area contributed by atoms with E-state index in [0.717, 1.165) is 43.2 Å². The van der Waals surface area contributed by atoms with Crippen molar-refractivity contribution in [1.82, 2.24) is 4.98 Å². The molecule has 0 aliphatic carbocycles. The van der Waals surface area contributed by atoms with Crippen molar-refractivity contribution >= 4 is 5.78 Å². The summed E-state index contributed by atoms with van der Waals surface area (Å²) in [6.07, 6.45) is 17.0. The van der Waals surface area contributed by atoms with Crippen LogP contribution in [0.3, 0.4) is 0 Å². The van der Waals surface area contributed by atoms with E-state index in [-0.39, 0.29) is 12.2 Å². The van der Waals surface area contributed by atoms with Gasteiger partial charge in [0.15, 0.2) is 5.78 Å². The van der Waals surface area contributed by atoms with Crippen molar-refractivity contribution in [3.8, 4) is 11.5 Å². The molecular weight excluding hydrogens is 410 g/mol. The number of unbranched alkanes of at least 4 members (excludes halogenated alkanes) is 10. The molecule has 2 rings (SSSR count). The molecule has 0 saturated carbocycles. The molecule has 0 atom stereocenters. The first-order valence-corrected chi connectivity index (χ1v) is 13.1. The molecule has 0 aliphatic heterocycles. The van der Waals surface area contributed by atoms with E-state index in [0.29, 0.717) is 5.56 Å². The minimum Gasteiger partial charge on any atom is -0.494 e. The number of nitrogens with zero attached hydrogens (tertiary/aromatic N) is 1. The molecule has 1 aromatic heterocycles. The lowest BCUT2D eigenvalue weighted by molar-refractivity contribution is 0.0992. The van der Waals surface area contributed by atoms with Gasteiger partial charge in [0.05, 0.1) is 25.8 Å². The topological polar surface area (TPSA) is 48.4 Å². The maximum atomic E-state index is 12.6. The van der Waals surface area contributed by atoms with Gasteiger partial charge in [-0.05, 0) is 49.2 Å². The minimum absolute atomic E-state index is 0.0609. The molecular formula is C29H43NO3. The van der Waals surface area contributed by atoms with Crippen molar-refractivity contribution in [3.63, 3.8) is 0 Å². The highest BCUT2D eigenvalue weighted by Crippen LogP contribution is 2.16. The Hall–Kier alpha value is -2.36. The second-order valence-electron chi connectivity index (χ2n) is 8.84. The monoisotopic (exact) mass is 453 g/mol. The maximum Gasteiger partial charge on any atom is 0.168 e. The standard InChI is InChI=1S/C29H43NO3/c1-3-5-7-9-11-13-21-32-27-18-15-25(16-19-27)29(31)23-26-17-20-28(24-30-26)33-22-14-12-10-8-6-4-2/h15-20,24H,3-14,21-23H2,1-2H3. The number of ether oxygens (including phenoxy) is 2. The van der Waals surface area contributed by atoms with Crippen molar-refractivity contribution < 1.29 is 14.3 Å². The number of carbonyl (C=O) groups excluding carboxylic acids is 1. The molecule has 0 radical (unpaired) electrons. The third-order valence-electron chi connectivity index (χ3n) is 5.85. The van der Waals surface area contributed by atoms with Crippen molar-refractivity contribution in [3.05, 3.63) is 53.9 Å². The smallest absolute Gasteiger partial charge is 0.168 e. The van der Waals surface area contributed by atoms with Gasteiger partial charge in [-0.25, -0.2) is 0 Å². The van der Waals surface area contributed by atoms with Crippen LogP contribution in [0.5, 0.6) is 11.5 Å². The number of ketones is 1. The summed E-state index contributed by atoms with van der Waals surface area (Å²) in [6.45, 7) is 5.92. The molecule has 0 spiro atoms. The Labute approximate surface area is 201 Å². The third kappa shape index (κ3) is 11.9. The summed E-state index contributed by atoms with van der Waals surface area (Å²) in [6, 6.07) is 11.3. The van der Waals surface area contributed by atoms with Gasteiger partial charge in [0.1, 0.15) is 11.5 Å². The predicted octanol–water partition coefficient (Wildman–Crippen LogP) is 7.99. The maximum absolute atomic E-state index is 12.6. The van der Waals surface area contributed by atoms with Crippen LogP contribution in [0.4, 0.5) is 0 Å². The van der Waals surface area contributed by atoms with E-state index in [1.54, 1.807) is 6.20 Å². The number of hydrogen-bond donors (Lipinski definition) is 0. The fourth-order valence-electron chi connectivity index (χ4n) is 3.75. The molecule has 0 fully saturated rings. The number of rotatable bonds is 19. The van der Waals surface area contributed by atoms with Gasteiger partial charge in [-0.15, -0.1) is 0 Å². The quantitative estimate of drug-likeness (QED) is 0.160. The van der Waals surface area contributed by atoms with Crippen LogP contribution in [0, 0.1) is 0 Å². The number of carbonyl (C=O) groups is 1. The molecule has 0 saturated heterocycles. The van der Waals surface area contributed by atoms with Crippen LogP contribution < -0.4 is 9.47 Å². The highest BCUT2D eigenvalue weighted by molar-refractivity contribution is 5.97. The van der Waals surface area contributed by atoms with Gasteiger partial charge >= 0.3 is 0 Å². The summed E-state index contributed by atoms with van der Waals surface area (Å²) in [5.41, 5.74) is 1.45. The number of hydrogen-bond acceptors (Lipinski definition) is 4. The molecule has 33 heavy (non-hydrogen) atoms. The molecule has 4 heteroatoms. The molecule has 0 bridgehead atoms. The van der Waals surface area contributed by atoms with Crippen LogP contribution in [0.15, 0.2) is 42.6 Å². The zero-order chi connectivity index (χ0) is 23.6. The lowest BCUT2D eigenvalue weighted by Crippen LogP contribution is -2.06. The minimum atomic E-state index is 0.0609. The molecule has 0 unspecified atom stereocenters. The van der Waals surface area contributed by atoms with Gasteiger partial charge in [-0.3, -0.25) is 9.78 Å². The Morgan fingerprint density at radius 3 is 1.73 bits per heavy atom. The first-order chi connectivity index (χ1) is 16.2. The fourth-order valence-corrected chi connectivity index (χ4v) is 3.75. The molecule has 2 aromatic rings. The van der Waals surface area contributed by atoms with E-state index < -0.39 is 0 Å². The Morgan fingerprint density at radius 2 is 1.18 bits per heavy atom. The largest absolute Gasteiger partial charge is 0.494 e. The van der Waals surface area contributed by atoms with E-state index in [1.807, 2.05) is 36.4 Å². The van der Waals surface area contributed by atoms with Gasteiger partial charge in [-0.1, -0.05) is 78.1 Å². The molecule has 0 amide bonds. The van der Waals surface area contributed by atoms with Crippen molar-refractivity contribution in [2.45, 2.75) is 97.3 Å². The summed E-state index contributed by atoms with van der Waals surface area (Å²) in [4.78, 5) is 17.0.